The molecule has 0 spiro atoms. The number of aliphatic hydroxyl groups excluding tert-OH is 1. The number of rotatable bonds is 4. The van der Waals surface area contributed by atoms with E-state index in [0.29, 0.717) is 6.61 Å². The Hall–Kier alpha value is -0.120. The van der Waals surface area contributed by atoms with Gasteiger partial charge < -0.3 is 9.84 Å². The van der Waals surface area contributed by atoms with E-state index in [4.69, 9.17) is 4.74 Å². The van der Waals surface area contributed by atoms with Gasteiger partial charge in [-0.05, 0) is 25.9 Å². The van der Waals surface area contributed by atoms with Crippen LogP contribution in [0.15, 0.2) is 0 Å². The van der Waals surface area contributed by atoms with Crippen molar-refractivity contribution in [3.63, 3.8) is 0 Å². The topological polar surface area (TPSA) is 32.7 Å². The van der Waals surface area contributed by atoms with Crippen LogP contribution in [0.5, 0.6) is 0 Å². The van der Waals surface area contributed by atoms with Gasteiger partial charge in [-0.1, -0.05) is 12.8 Å². The fraction of sp³-hybridized carbons (Fsp3) is 1.00. The van der Waals surface area contributed by atoms with Gasteiger partial charge >= 0.3 is 0 Å². The van der Waals surface area contributed by atoms with E-state index in [1.165, 1.54) is 25.7 Å². The van der Waals surface area contributed by atoms with Crippen molar-refractivity contribution in [2.45, 2.75) is 31.7 Å². The molecule has 3 nitrogen and oxygen atoms in total. The Labute approximate surface area is 80.7 Å². The normalized spacial score (nSPS) is 22.6. The summed E-state index contributed by atoms with van der Waals surface area (Å²) >= 11 is 0. The Morgan fingerprint density at radius 1 is 1.23 bits per heavy atom. The summed E-state index contributed by atoms with van der Waals surface area (Å²) in [5.41, 5.74) is 0. The number of nitrogens with zero attached hydrogens (tertiary/aromatic N) is 1. The molecule has 1 N–H and O–H groups in total. The summed E-state index contributed by atoms with van der Waals surface area (Å²) in [7, 11) is 1.69. The number of ether oxygens (including phenoxy) is 1. The first-order chi connectivity index (χ1) is 6.38. The highest BCUT2D eigenvalue weighted by atomic mass is 16.5. The van der Waals surface area contributed by atoms with Gasteiger partial charge in [0.2, 0.25) is 0 Å². The molecule has 1 atom stereocenters. The van der Waals surface area contributed by atoms with Gasteiger partial charge in [0, 0.05) is 7.11 Å². The lowest BCUT2D eigenvalue weighted by molar-refractivity contribution is 0.0543. The summed E-state index contributed by atoms with van der Waals surface area (Å²) in [5, 5.41) is 9.18. The van der Waals surface area contributed by atoms with Gasteiger partial charge in [0.25, 0.3) is 0 Å². The minimum Gasteiger partial charge on any atom is -0.395 e. The monoisotopic (exact) mass is 187 g/mol. The summed E-state index contributed by atoms with van der Waals surface area (Å²) in [6.45, 7) is 3.10. The largest absolute Gasteiger partial charge is 0.395 e. The maximum Gasteiger partial charge on any atom is 0.0640 e. The molecule has 1 aliphatic rings. The number of hydrogen-bond acceptors (Lipinski definition) is 3. The van der Waals surface area contributed by atoms with Gasteiger partial charge in [0.05, 0.1) is 19.3 Å². The van der Waals surface area contributed by atoms with Crippen LogP contribution >= 0.6 is 0 Å². The van der Waals surface area contributed by atoms with Gasteiger partial charge in [-0.25, -0.2) is 0 Å². The molecule has 1 rings (SSSR count). The van der Waals surface area contributed by atoms with Gasteiger partial charge in [0.1, 0.15) is 0 Å². The molecular formula is C10H21NO2. The average molecular weight is 187 g/mol. The molecular weight excluding hydrogens is 166 g/mol. The van der Waals surface area contributed by atoms with Crippen molar-refractivity contribution in [3.8, 4) is 0 Å². The van der Waals surface area contributed by atoms with Crippen molar-refractivity contribution >= 4 is 0 Å². The molecule has 0 aromatic rings. The van der Waals surface area contributed by atoms with E-state index < -0.39 is 0 Å². The molecule has 0 aromatic carbocycles. The zero-order valence-corrected chi connectivity index (χ0v) is 8.54. The molecule has 1 saturated heterocycles. The maximum atomic E-state index is 9.18. The lowest BCUT2D eigenvalue weighted by atomic mass is 10.2. The standard InChI is InChI=1S/C10H21NO2/c1-13-9-10(8-12)11-6-4-2-3-5-7-11/h10,12H,2-9H2,1H3. The van der Waals surface area contributed by atoms with Crippen LogP contribution < -0.4 is 0 Å². The van der Waals surface area contributed by atoms with Gasteiger partial charge in [-0.3, -0.25) is 4.90 Å². The molecule has 78 valence electrons. The lowest BCUT2D eigenvalue weighted by Gasteiger charge is -2.28. The predicted molar refractivity (Wildman–Crippen MR) is 52.8 cm³/mol. The third-order valence-electron chi connectivity index (χ3n) is 2.73. The zero-order chi connectivity index (χ0) is 9.52. The van der Waals surface area contributed by atoms with Crippen LogP contribution in [-0.2, 0) is 4.74 Å². The van der Waals surface area contributed by atoms with Gasteiger partial charge in [-0.2, -0.15) is 0 Å². The molecule has 1 heterocycles. The molecule has 0 radical (unpaired) electrons. The van der Waals surface area contributed by atoms with Gasteiger partial charge in [-0.15, -0.1) is 0 Å². The molecule has 0 bridgehead atoms. The highest BCUT2D eigenvalue weighted by Gasteiger charge is 2.18. The van der Waals surface area contributed by atoms with Crippen LogP contribution in [0.25, 0.3) is 0 Å². The van der Waals surface area contributed by atoms with Gasteiger partial charge in [0.15, 0.2) is 0 Å². The highest BCUT2D eigenvalue weighted by Crippen LogP contribution is 2.12. The minimum atomic E-state index is 0.211. The third kappa shape index (κ3) is 3.63. The first-order valence-electron chi connectivity index (χ1n) is 5.22. The Morgan fingerprint density at radius 2 is 1.85 bits per heavy atom. The summed E-state index contributed by atoms with van der Waals surface area (Å²) in [6.07, 6.45) is 5.20. The quantitative estimate of drug-likeness (QED) is 0.709. The van der Waals surface area contributed by atoms with Crippen LogP contribution in [0, 0.1) is 0 Å². The van der Waals surface area contributed by atoms with E-state index in [9.17, 15) is 5.11 Å². The van der Waals surface area contributed by atoms with Crippen molar-refractivity contribution in [2.24, 2.45) is 0 Å². The molecule has 0 aromatic heterocycles. The van der Waals surface area contributed by atoms with E-state index in [1.807, 2.05) is 0 Å². The van der Waals surface area contributed by atoms with Crippen LogP contribution in [0.2, 0.25) is 0 Å². The van der Waals surface area contributed by atoms with Crippen molar-refractivity contribution < 1.29 is 9.84 Å². The van der Waals surface area contributed by atoms with Crippen LogP contribution in [0.4, 0.5) is 0 Å². The number of hydrogen-bond donors (Lipinski definition) is 1. The van der Waals surface area contributed by atoms with Crippen molar-refractivity contribution in [3.05, 3.63) is 0 Å². The average Bonchev–Trinajstić information content (AvgIpc) is 2.42. The second-order valence-corrected chi connectivity index (χ2v) is 3.74. The van der Waals surface area contributed by atoms with Crippen LogP contribution in [0.1, 0.15) is 25.7 Å². The fourth-order valence-electron chi connectivity index (χ4n) is 1.93. The summed E-state index contributed by atoms with van der Waals surface area (Å²) in [5.74, 6) is 0. The summed E-state index contributed by atoms with van der Waals surface area (Å²) in [4.78, 5) is 2.36. The molecule has 0 aliphatic carbocycles. The summed E-state index contributed by atoms with van der Waals surface area (Å²) < 4.78 is 5.09. The SMILES string of the molecule is COCC(CO)N1CCCCCC1. The smallest absolute Gasteiger partial charge is 0.0640 e. The lowest BCUT2D eigenvalue weighted by Crippen LogP contribution is -2.41. The zero-order valence-electron chi connectivity index (χ0n) is 8.54. The van der Waals surface area contributed by atoms with Crippen molar-refractivity contribution in [1.29, 1.82) is 0 Å². The van der Waals surface area contributed by atoms with E-state index in [0.717, 1.165) is 13.1 Å². The molecule has 1 fully saturated rings. The van der Waals surface area contributed by atoms with Crippen LogP contribution in [-0.4, -0.2) is 49.5 Å². The Bertz CT molecular complexity index is 122. The molecule has 0 amide bonds. The van der Waals surface area contributed by atoms with Crippen molar-refractivity contribution in [1.82, 2.24) is 4.90 Å². The first-order valence-corrected chi connectivity index (χ1v) is 5.22. The number of methoxy groups -OCH3 is 1. The molecule has 0 saturated carbocycles. The number of likely N-dealkylation sites (tertiary alicyclic amines) is 1. The predicted octanol–water partition coefficient (Wildman–Crippen LogP) is 0.870. The molecule has 1 unspecified atom stereocenters. The third-order valence-corrected chi connectivity index (χ3v) is 2.73. The Kier molecular flexibility index (Phi) is 5.35. The molecule has 1 aliphatic heterocycles. The Morgan fingerprint density at radius 3 is 2.31 bits per heavy atom. The van der Waals surface area contributed by atoms with E-state index in [-0.39, 0.29) is 12.6 Å². The van der Waals surface area contributed by atoms with E-state index in [2.05, 4.69) is 4.90 Å². The second-order valence-electron chi connectivity index (χ2n) is 3.74. The Balaban J connectivity index is 2.35. The molecule has 13 heavy (non-hydrogen) atoms. The minimum absolute atomic E-state index is 0.211. The molecule has 3 heteroatoms. The van der Waals surface area contributed by atoms with E-state index >= 15 is 0 Å². The van der Waals surface area contributed by atoms with Crippen LogP contribution in [0.3, 0.4) is 0 Å². The second kappa shape index (κ2) is 6.35. The summed E-state index contributed by atoms with van der Waals surface area (Å²) in [6, 6.07) is 0.211. The highest BCUT2D eigenvalue weighted by molar-refractivity contribution is 4.72. The fourth-order valence-corrected chi connectivity index (χ4v) is 1.93. The van der Waals surface area contributed by atoms with E-state index in [1.54, 1.807) is 7.11 Å². The van der Waals surface area contributed by atoms with Crippen molar-refractivity contribution in [2.75, 3.05) is 33.4 Å². The first kappa shape index (κ1) is 11.0. The maximum absolute atomic E-state index is 9.18. The number of aliphatic hydroxyl groups is 1.